The van der Waals surface area contributed by atoms with Crippen LogP contribution in [0.2, 0.25) is 10.0 Å². The smallest absolute Gasteiger partial charge is 0.267 e. The number of oxazole rings is 1. The van der Waals surface area contributed by atoms with Crippen LogP contribution in [0, 0.1) is 0 Å². The molecule has 0 radical (unpaired) electrons. The molecule has 0 atom stereocenters. The highest BCUT2D eigenvalue weighted by molar-refractivity contribution is 6.33. The van der Waals surface area contributed by atoms with Crippen molar-refractivity contribution in [1.82, 2.24) is 4.98 Å². The number of anilines is 1. The number of hydrogen-bond donors (Lipinski definition) is 1. The van der Waals surface area contributed by atoms with Gasteiger partial charge in [-0.25, -0.2) is 4.98 Å². The van der Waals surface area contributed by atoms with E-state index in [2.05, 4.69) is 31.1 Å². The maximum atomic E-state index is 13.1. The van der Waals surface area contributed by atoms with Gasteiger partial charge in [0.25, 0.3) is 5.91 Å². The van der Waals surface area contributed by atoms with Gasteiger partial charge in [-0.05, 0) is 73.4 Å². The average molecular weight is 497 g/mol. The van der Waals surface area contributed by atoms with Gasteiger partial charge < -0.3 is 14.5 Å². The number of halogens is 2. The number of rotatable bonds is 5. The van der Waals surface area contributed by atoms with Gasteiger partial charge >= 0.3 is 0 Å². The summed E-state index contributed by atoms with van der Waals surface area (Å²) in [5.41, 5.74) is 2.44. The van der Waals surface area contributed by atoms with Crippen LogP contribution >= 0.6 is 23.2 Å². The minimum absolute atomic E-state index is 0.0403. The fraction of sp³-hybridized carbons (Fsp3) is 0.259. The first-order valence-corrected chi connectivity index (χ1v) is 11.6. The van der Waals surface area contributed by atoms with Crippen molar-refractivity contribution < 1.29 is 13.9 Å². The second-order valence-electron chi connectivity index (χ2n) is 9.67. The molecule has 0 saturated carbocycles. The Morgan fingerprint density at radius 3 is 2.32 bits per heavy atom. The third kappa shape index (κ3) is 5.21. The van der Waals surface area contributed by atoms with Crippen molar-refractivity contribution in [3.8, 4) is 17.2 Å². The van der Waals surface area contributed by atoms with E-state index in [9.17, 15) is 4.79 Å². The van der Waals surface area contributed by atoms with Crippen molar-refractivity contribution in [3.63, 3.8) is 0 Å². The molecule has 4 rings (SSSR count). The number of amides is 1. The lowest BCUT2D eigenvalue weighted by Crippen LogP contribution is -2.42. The molecule has 1 heterocycles. The summed E-state index contributed by atoms with van der Waals surface area (Å²) in [7, 11) is 0. The van der Waals surface area contributed by atoms with E-state index in [1.54, 1.807) is 50.2 Å². The van der Waals surface area contributed by atoms with E-state index < -0.39 is 5.60 Å². The standard InChI is InChI=1S/C27H26Cl2N2O3/c1-26(2,3)16-6-10-19(11-7-16)34-27(4,5)25(32)30-18-9-12-21(29)20(15-18)24-31-22-14-17(28)8-13-23(22)33-24/h6-15H,1-5H3,(H,30,32). The first kappa shape index (κ1) is 24.1. The highest BCUT2D eigenvalue weighted by Gasteiger charge is 2.30. The number of ether oxygens (including phenoxy) is 1. The largest absolute Gasteiger partial charge is 0.478 e. The fourth-order valence-electron chi connectivity index (χ4n) is 3.43. The Labute approximate surface area is 209 Å². The molecule has 4 aromatic rings. The molecule has 0 aliphatic rings. The van der Waals surface area contributed by atoms with Crippen LogP contribution in [-0.4, -0.2) is 16.5 Å². The van der Waals surface area contributed by atoms with Crippen molar-refractivity contribution in [2.45, 2.75) is 45.6 Å². The molecular weight excluding hydrogens is 471 g/mol. The molecule has 0 unspecified atom stereocenters. The summed E-state index contributed by atoms with van der Waals surface area (Å²) in [6, 6.07) is 18.1. The summed E-state index contributed by atoms with van der Waals surface area (Å²) in [6.45, 7) is 9.90. The predicted molar refractivity (Wildman–Crippen MR) is 138 cm³/mol. The van der Waals surface area contributed by atoms with E-state index in [-0.39, 0.29) is 11.3 Å². The van der Waals surface area contributed by atoms with Gasteiger partial charge in [0.15, 0.2) is 11.2 Å². The summed E-state index contributed by atoms with van der Waals surface area (Å²) in [5, 5.41) is 3.92. The van der Waals surface area contributed by atoms with Crippen LogP contribution in [0.1, 0.15) is 40.2 Å². The lowest BCUT2D eigenvalue weighted by atomic mass is 9.87. The molecule has 1 aromatic heterocycles. The summed E-state index contributed by atoms with van der Waals surface area (Å²) >= 11 is 12.5. The molecule has 176 valence electrons. The lowest BCUT2D eigenvalue weighted by molar-refractivity contribution is -0.128. The second-order valence-corrected chi connectivity index (χ2v) is 10.5. The van der Waals surface area contributed by atoms with Gasteiger partial charge in [-0.3, -0.25) is 4.79 Å². The number of fused-ring (bicyclic) bond motifs is 1. The quantitative estimate of drug-likeness (QED) is 0.305. The number of benzene rings is 3. The number of carbonyl (C=O) groups is 1. The zero-order valence-corrected chi connectivity index (χ0v) is 21.2. The van der Waals surface area contributed by atoms with Crippen molar-refractivity contribution in [2.75, 3.05) is 5.32 Å². The number of nitrogens with one attached hydrogen (secondary N) is 1. The third-order valence-electron chi connectivity index (χ3n) is 5.44. The van der Waals surface area contributed by atoms with Crippen LogP contribution in [0.15, 0.2) is 65.1 Å². The summed E-state index contributed by atoms with van der Waals surface area (Å²) in [4.78, 5) is 17.5. The van der Waals surface area contributed by atoms with E-state index in [0.29, 0.717) is 44.0 Å². The Morgan fingerprint density at radius 2 is 1.65 bits per heavy atom. The highest BCUT2D eigenvalue weighted by Crippen LogP contribution is 2.33. The minimum atomic E-state index is -1.11. The van der Waals surface area contributed by atoms with Gasteiger partial charge in [0.2, 0.25) is 5.89 Å². The van der Waals surface area contributed by atoms with E-state index in [0.717, 1.165) is 0 Å². The molecular formula is C27H26Cl2N2O3. The number of carbonyl (C=O) groups excluding carboxylic acids is 1. The Balaban J connectivity index is 1.53. The normalized spacial score (nSPS) is 12.1. The second kappa shape index (κ2) is 8.97. The molecule has 0 saturated heterocycles. The Bertz CT molecular complexity index is 1350. The predicted octanol–water partition coefficient (Wildman–Crippen LogP) is 7.90. The zero-order valence-electron chi connectivity index (χ0n) is 19.7. The van der Waals surface area contributed by atoms with Crippen molar-refractivity contribution in [3.05, 3.63) is 76.3 Å². The van der Waals surface area contributed by atoms with Gasteiger partial charge in [0, 0.05) is 10.7 Å². The molecule has 1 amide bonds. The van der Waals surface area contributed by atoms with Crippen LogP contribution in [0.5, 0.6) is 5.75 Å². The molecule has 5 nitrogen and oxygen atoms in total. The molecule has 0 bridgehead atoms. The highest BCUT2D eigenvalue weighted by atomic mass is 35.5. The van der Waals surface area contributed by atoms with Crippen LogP contribution in [0.25, 0.3) is 22.6 Å². The minimum Gasteiger partial charge on any atom is -0.478 e. The van der Waals surface area contributed by atoms with Gasteiger partial charge in [-0.1, -0.05) is 56.1 Å². The SMILES string of the molecule is CC(C)(Oc1ccc(C(C)(C)C)cc1)C(=O)Nc1ccc(Cl)c(-c2nc3cc(Cl)ccc3o2)c1. The molecule has 0 aliphatic carbocycles. The van der Waals surface area contributed by atoms with E-state index in [1.807, 2.05) is 24.3 Å². The Kier molecular flexibility index (Phi) is 6.36. The topological polar surface area (TPSA) is 64.4 Å². The molecule has 7 heteroatoms. The molecule has 0 spiro atoms. The van der Waals surface area contributed by atoms with Gasteiger partial charge in [-0.2, -0.15) is 0 Å². The van der Waals surface area contributed by atoms with Crippen LogP contribution in [0.4, 0.5) is 5.69 Å². The monoisotopic (exact) mass is 496 g/mol. The molecule has 1 N–H and O–H groups in total. The van der Waals surface area contributed by atoms with Crippen molar-refractivity contribution in [2.24, 2.45) is 0 Å². The first-order valence-electron chi connectivity index (χ1n) is 10.9. The molecule has 0 fully saturated rings. The maximum absolute atomic E-state index is 13.1. The Morgan fingerprint density at radius 1 is 0.941 bits per heavy atom. The van der Waals surface area contributed by atoms with Crippen LogP contribution < -0.4 is 10.1 Å². The van der Waals surface area contributed by atoms with Gasteiger partial charge in [-0.15, -0.1) is 0 Å². The van der Waals surface area contributed by atoms with Crippen molar-refractivity contribution in [1.29, 1.82) is 0 Å². The molecule has 3 aromatic carbocycles. The first-order chi connectivity index (χ1) is 15.9. The van der Waals surface area contributed by atoms with Gasteiger partial charge in [0.1, 0.15) is 11.3 Å². The van der Waals surface area contributed by atoms with E-state index in [4.69, 9.17) is 32.4 Å². The zero-order chi connectivity index (χ0) is 24.7. The number of nitrogens with zero attached hydrogens (tertiary/aromatic N) is 1. The average Bonchev–Trinajstić information content (AvgIpc) is 3.17. The summed E-state index contributed by atoms with van der Waals surface area (Å²) in [5.74, 6) is 0.660. The lowest BCUT2D eigenvalue weighted by Gasteiger charge is -2.26. The molecule has 0 aliphatic heterocycles. The fourth-order valence-corrected chi connectivity index (χ4v) is 3.79. The Hall–Kier alpha value is -3.02. The van der Waals surface area contributed by atoms with E-state index >= 15 is 0 Å². The van der Waals surface area contributed by atoms with Crippen LogP contribution in [-0.2, 0) is 10.2 Å². The number of aromatic nitrogens is 1. The van der Waals surface area contributed by atoms with Gasteiger partial charge in [0.05, 0.1) is 10.6 Å². The maximum Gasteiger partial charge on any atom is 0.267 e. The number of hydrogen-bond acceptors (Lipinski definition) is 4. The van der Waals surface area contributed by atoms with E-state index in [1.165, 1.54) is 5.56 Å². The third-order valence-corrected chi connectivity index (χ3v) is 6.01. The summed E-state index contributed by atoms with van der Waals surface area (Å²) < 4.78 is 11.8. The molecule has 34 heavy (non-hydrogen) atoms. The van der Waals surface area contributed by atoms with Crippen molar-refractivity contribution >= 4 is 45.9 Å². The summed E-state index contributed by atoms with van der Waals surface area (Å²) in [6.07, 6.45) is 0. The van der Waals surface area contributed by atoms with Crippen LogP contribution in [0.3, 0.4) is 0 Å².